The maximum Gasteiger partial charge on any atom is 0.130 e. The third kappa shape index (κ3) is 2.92. The highest BCUT2D eigenvalue weighted by molar-refractivity contribution is 5.87. The first-order valence-corrected chi connectivity index (χ1v) is 6.47. The number of fused-ring (bicyclic) bond motifs is 1. The summed E-state index contributed by atoms with van der Waals surface area (Å²) in [5.74, 6) is 1.47. The maximum absolute atomic E-state index is 5.89. The summed E-state index contributed by atoms with van der Waals surface area (Å²) in [6.07, 6.45) is 4.15. The van der Waals surface area contributed by atoms with Crippen molar-refractivity contribution in [1.29, 1.82) is 0 Å². The average molecular weight is 244 g/mol. The van der Waals surface area contributed by atoms with Gasteiger partial charge in [-0.1, -0.05) is 20.3 Å². The molecule has 0 aliphatic carbocycles. The van der Waals surface area contributed by atoms with Crippen molar-refractivity contribution in [3.05, 3.63) is 30.5 Å². The van der Waals surface area contributed by atoms with E-state index in [-0.39, 0.29) is 0 Å². The van der Waals surface area contributed by atoms with E-state index in [2.05, 4.69) is 18.8 Å². The van der Waals surface area contributed by atoms with Crippen molar-refractivity contribution in [3.8, 4) is 5.75 Å². The smallest absolute Gasteiger partial charge is 0.130 e. The van der Waals surface area contributed by atoms with Crippen LogP contribution < -0.4 is 10.5 Å². The Morgan fingerprint density at radius 3 is 2.94 bits per heavy atom. The summed E-state index contributed by atoms with van der Waals surface area (Å²) in [5, 5.41) is 1.02. The van der Waals surface area contributed by atoms with Gasteiger partial charge >= 0.3 is 0 Å². The van der Waals surface area contributed by atoms with E-state index in [9.17, 15) is 0 Å². The number of nitrogens with zero attached hydrogens (tertiary/aromatic N) is 1. The number of pyridine rings is 1. The van der Waals surface area contributed by atoms with Gasteiger partial charge in [-0.2, -0.15) is 0 Å². The van der Waals surface area contributed by atoms with E-state index < -0.39 is 0 Å². The Bertz CT molecular complexity index is 525. The average Bonchev–Trinajstić information content (AvgIpc) is 2.36. The molecule has 1 heterocycles. The van der Waals surface area contributed by atoms with Gasteiger partial charge in [0.2, 0.25) is 0 Å². The summed E-state index contributed by atoms with van der Waals surface area (Å²) >= 11 is 0. The Balaban J connectivity index is 2.18. The van der Waals surface area contributed by atoms with Crippen molar-refractivity contribution in [2.24, 2.45) is 5.92 Å². The molecule has 1 unspecified atom stereocenters. The molecule has 0 bridgehead atoms. The lowest BCUT2D eigenvalue weighted by Crippen LogP contribution is -2.08. The minimum atomic E-state index is 0.576. The summed E-state index contributed by atoms with van der Waals surface area (Å²) in [7, 11) is 0. The van der Waals surface area contributed by atoms with E-state index in [1.165, 1.54) is 12.8 Å². The van der Waals surface area contributed by atoms with Crippen LogP contribution in [0.1, 0.15) is 26.7 Å². The Morgan fingerprint density at radius 2 is 2.17 bits per heavy atom. The van der Waals surface area contributed by atoms with Gasteiger partial charge in [-0.15, -0.1) is 0 Å². The monoisotopic (exact) mass is 244 g/mol. The third-order valence-electron chi connectivity index (χ3n) is 3.03. The summed E-state index contributed by atoms with van der Waals surface area (Å²) in [5.41, 5.74) is 7.37. The molecule has 2 aromatic rings. The molecular formula is C15H20N2O. The van der Waals surface area contributed by atoms with E-state index in [4.69, 9.17) is 10.5 Å². The predicted octanol–water partition coefficient (Wildman–Crippen LogP) is 3.63. The molecule has 0 fully saturated rings. The molecule has 3 nitrogen and oxygen atoms in total. The van der Waals surface area contributed by atoms with Crippen LogP contribution in [0.25, 0.3) is 10.9 Å². The van der Waals surface area contributed by atoms with Crippen LogP contribution in [-0.4, -0.2) is 11.6 Å². The first-order valence-electron chi connectivity index (χ1n) is 6.47. The minimum Gasteiger partial charge on any atom is -0.493 e. The zero-order valence-corrected chi connectivity index (χ0v) is 11.0. The first-order chi connectivity index (χ1) is 8.70. The van der Waals surface area contributed by atoms with Crippen LogP contribution in [0.4, 0.5) is 5.69 Å². The second-order valence-corrected chi connectivity index (χ2v) is 4.79. The summed E-state index contributed by atoms with van der Waals surface area (Å²) in [6, 6.07) is 7.64. The standard InChI is InChI=1S/C15H20N2O/c1-3-4-11(2)10-18-15-7-8-17-14-9-12(16)5-6-13(14)15/h5-9,11H,3-4,10,16H2,1-2H3. The number of ether oxygens (including phenoxy) is 1. The Hall–Kier alpha value is -1.77. The molecule has 1 aromatic heterocycles. The zero-order valence-electron chi connectivity index (χ0n) is 11.0. The molecule has 0 saturated heterocycles. The first kappa shape index (κ1) is 12.7. The van der Waals surface area contributed by atoms with Crippen molar-refractivity contribution in [1.82, 2.24) is 4.98 Å². The molecule has 0 amide bonds. The zero-order chi connectivity index (χ0) is 13.0. The number of benzene rings is 1. The number of hydrogen-bond acceptors (Lipinski definition) is 3. The molecule has 1 aromatic carbocycles. The number of anilines is 1. The van der Waals surface area contributed by atoms with Gasteiger partial charge in [0.15, 0.2) is 0 Å². The molecule has 0 radical (unpaired) electrons. The molecule has 0 aliphatic rings. The number of nitrogens with two attached hydrogens (primary N) is 1. The highest BCUT2D eigenvalue weighted by atomic mass is 16.5. The fraction of sp³-hybridized carbons (Fsp3) is 0.400. The van der Waals surface area contributed by atoms with Crippen molar-refractivity contribution in [2.45, 2.75) is 26.7 Å². The molecule has 0 saturated carbocycles. The van der Waals surface area contributed by atoms with E-state index in [0.29, 0.717) is 5.92 Å². The van der Waals surface area contributed by atoms with Crippen LogP contribution >= 0.6 is 0 Å². The Morgan fingerprint density at radius 1 is 1.33 bits per heavy atom. The molecule has 18 heavy (non-hydrogen) atoms. The van der Waals surface area contributed by atoms with Crippen LogP contribution in [0.5, 0.6) is 5.75 Å². The largest absolute Gasteiger partial charge is 0.493 e. The van der Waals surface area contributed by atoms with Crippen LogP contribution in [0.2, 0.25) is 0 Å². The Kier molecular flexibility index (Phi) is 4.03. The third-order valence-corrected chi connectivity index (χ3v) is 3.03. The lowest BCUT2D eigenvalue weighted by Gasteiger charge is -2.13. The molecule has 0 spiro atoms. The van der Waals surface area contributed by atoms with Crippen molar-refractivity contribution < 1.29 is 4.74 Å². The lowest BCUT2D eigenvalue weighted by atomic mass is 10.1. The summed E-state index contributed by atoms with van der Waals surface area (Å²) < 4.78 is 5.89. The molecule has 2 N–H and O–H groups in total. The van der Waals surface area contributed by atoms with Crippen molar-refractivity contribution >= 4 is 16.6 Å². The number of hydrogen-bond donors (Lipinski definition) is 1. The molecular weight excluding hydrogens is 224 g/mol. The normalized spacial score (nSPS) is 12.6. The lowest BCUT2D eigenvalue weighted by molar-refractivity contribution is 0.254. The molecule has 0 aliphatic heterocycles. The quantitative estimate of drug-likeness (QED) is 0.817. The second kappa shape index (κ2) is 5.71. The second-order valence-electron chi connectivity index (χ2n) is 4.79. The van der Waals surface area contributed by atoms with Crippen molar-refractivity contribution in [3.63, 3.8) is 0 Å². The van der Waals surface area contributed by atoms with Crippen LogP contribution in [0.15, 0.2) is 30.5 Å². The van der Waals surface area contributed by atoms with Gasteiger partial charge in [-0.3, -0.25) is 4.98 Å². The van der Waals surface area contributed by atoms with Crippen molar-refractivity contribution in [2.75, 3.05) is 12.3 Å². The SMILES string of the molecule is CCCC(C)COc1ccnc2cc(N)ccc12. The molecule has 1 atom stereocenters. The number of aromatic nitrogens is 1. The van der Waals surface area contributed by atoms with E-state index >= 15 is 0 Å². The van der Waals surface area contributed by atoms with E-state index in [1.54, 1.807) is 6.20 Å². The minimum absolute atomic E-state index is 0.576. The van der Waals surface area contributed by atoms with Gasteiger partial charge in [0.05, 0.1) is 12.1 Å². The van der Waals surface area contributed by atoms with Gasteiger partial charge in [-0.05, 0) is 36.6 Å². The van der Waals surface area contributed by atoms with Gasteiger partial charge < -0.3 is 10.5 Å². The number of rotatable bonds is 5. The topological polar surface area (TPSA) is 48.1 Å². The van der Waals surface area contributed by atoms with Gasteiger partial charge in [0.1, 0.15) is 5.75 Å². The Labute approximate surface area is 108 Å². The molecule has 3 heteroatoms. The molecule has 96 valence electrons. The van der Waals surface area contributed by atoms with Gasteiger partial charge in [0.25, 0.3) is 0 Å². The predicted molar refractivity (Wildman–Crippen MR) is 75.7 cm³/mol. The highest BCUT2D eigenvalue weighted by Gasteiger charge is 2.06. The van der Waals surface area contributed by atoms with Crippen LogP contribution in [0.3, 0.4) is 0 Å². The van der Waals surface area contributed by atoms with Gasteiger partial charge in [-0.25, -0.2) is 0 Å². The highest BCUT2D eigenvalue weighted by Crippen LogP contribution is 2.25. The maximum atomic E-state index is 5.89. The molecule has 2 rings (SSSR count). The van der Waals surface area contributed by atoms with Crippen LogP contribution in [0, 0.1) is 5.92 Å². The van der Waals surface area contributed by atoms with E-state index in [1.807, 2.05) is 24.3 Å². The fourth-order valence-corrected chi connectivity index (χ4v) is 2.07. The van der Waals surface area contributed by atoms with E-state index in [0.717, 1.165) is 28.9 Å². The summed E-state index contributed by atoms with van der Waals surface area (Å²) in [6.45, 7) is 5.16. The van der Waals surface area contributed by atoms with Crippen LogP contribution in [-0.2, 0) is 0 Å². The van der Waals surface area contributed by atoms with Gasteiger partial charge in [0, 0.05) is 17.3 Å². The summed E-state index contributed by atoms with van der Waals surface area (Å²) in [4.78, 5) is 4.31. The number of nitrogen functional groups attached to an aromatic ring is 1. The fourth-order valence-electron chi connectivity index (χ4n) is 2.07.